The molecule has 0 saturated heterocycles. The van der Waals surface area contributed by atoms with E-state index in [1.54, 1.807) is 6.92 Å². The van der Waals surface area contributed by atoms with Crippen molar-refractivity contribution < 1.29 is 15.1 Å². The molecule has 1 heterocycles. The van der Waals surface area contributed by atoms with Gasteiger partial charge >= 0.3 is 5.97 Å². The molecule has 1 aromatic rings. The van der Waals surface area contributed by atoms with Gasteiger partial charge in [-0.3, -0.25) is 9.78 Å². The van der Waals surface area contributed by atoms with E-state index in [2.05, 4.69) is 15.1 Å². The SMILES string of the molecule is CCc1c(C/C(=N/O)C(=O)O)[nH]c(=S)[nH]c1=O. The van der Waals surface area contributed by atoms with E-state index in [9.17, 15) is 9.59 Å². The highest BCUT2D eigenvalue weighted by Crippen LogP contribution is 2.03. The second-order valence-corrected chi connectivity index (χ2v) is 3.66. The summed E-state index contributed by atoms with van der Waals surface area (Å²) in [6.45, 7) is 1.75. The van der Waals surface area contributed by atoms with E-state index in [0.717, 1.165) is 0 Å². The number of carboxylic acids is 1. The molecule has 7 nitrogen and oxygen atoms in total. The van der Waals surface area contributed by atoms with Crippen LogP contribution >= 0.6 is 12.2 Å². The Morgan fingerprint density at radius 2 is 2.12 bits per heavy atom. The molecule has 0 amide bonds. The molecule has 8 heteroatoms. The molecule has 17 heavy (non-hydrogen) atoms. The Morgan fingerprint density at radius 1 is 1.47 bits per heavy atom. The van der Waals surface area contributed by atoms with Gasteiger partial charge < -0.3 is 15.3 Å². The third-order valence-corrected chi connectivity index (χ3v) is 2.40. The Hall–Kier alpha value is -1.96. The minimum absolute atomic E-state index is 0.102. The zero-order chi connectivity index (χ0) is 13.0. The van der Waals surface area contributed by atoms with Gasteiger partial charge in [0, 0.05) is 17.7 Å². The van der Waals surface area contributed by atoms with Crippen molar-refractivity contribution in [2.24, 2.45) is 5.16 Å². The smallest absolute Gasteiger partial charge is 0.354 e. The summed E-state index contributed by atoms with van der Waals surface area (Å²) in [4.78, 5) is 27.3. The number of nitrogens with zero attached hydrogens (tertiary/aromatic N) is 1. The molecule has 0 saturated carbocycles. The third-order valence-electron chi connectivity index (χ3n) is 2.20. The predicted octanol–water partition coefficient (Wildman–Crippen LogP) is 0.452. The molecular formula is C9H11N3O4S. The van der Waals surface area contributed by atoms with Crippen LogP contribution in [0, 0.1) is 4.77 Å². The van der Waals surface area contributed by atoms with Crippen molar-refractivity contribution in [3.63, 3.8) is 0 Å². The molecular weight excluding hydrogens is 246 g/mol. The normalized spacial score (nSPS) is 11.5. The molecule has 1 aromatic heterocycles. The van der Waals surface area contributed by atoms with Gasteiger partial charge in [-0.25, -0.2) is 4.79 Å². The summed E-state index contributed by atoms with van der Waals surface area (Å²) in [6.07, 6.45) is 0.220. The lowest BCUT2D eigenvalue weighted by Crippen LogP contribution is -2.22. The van der Waals surface area contributed by atoms with E-state index in [4.69, 9.17) is 22.5 Å². The van der Waals surface area contributed by atoms with Crippen LogP contribution in [0.5, 0.6) is 0 Å². The van der Waals surface area contributed by atoms with Gasteiger partial charge in [0.2, 0.25) is 0 Å². The highest BCUT2D eigenvalue weighted by molar-refractivity contribution is 7.71. The number of carboxylic acid groups (broad SMARTS) is 1. The van der Waals surface area contributed by atoms with Gasteiger partial charge in [0.05, 0.1) is 0 Å². The predicted molar refractivity (Wildman–Crippen MR) is 62.2 cm³/mol. The maximum absolute atomic E-state index is 11.5. The highest BCUT2D eigenvalue weighted by Gasteiger charge is 2.15. The molecule has 0 aromatic carbocycles. The summed E-state index contributed by atoms with van der Waals surface area (Å²) < 4.78 is 0.102. The molecule has 0 aliphatic carbocycles. The lowest BCUT2D eigenvalue weighted by molar-refractivity contribution is -0.129. The minimum Gasteiger partial charge on any atom is -0.477 e. The number of carbonyl (C=O) groups is 1. The Kier molecular flexibility index (Phi) is 4.16. The van der Waals surface area contributed by atoms with E-state index in [1.807, 2.05) is 0 Å². The third kappa shape index (κ3) is 3.00. The van der Waals surface area contributed by atoms with Gasteiger partial charge in [0.25, 0.3) is 5.56 Å². The minimum atomic E-state index is -1.35. The number of hydrogen-bond acceptors (Lipinski definition) is 5. The van der Waals surface area contributed by atoms with Crippen molar-refractivity contribution >= 4 is 23.9 Å². The first-order chi connectivity index (χ1) is 7.99. The van der Waals surface area contributed by atoms with Gasteiger partial charge in [-0.15, -0.1) is 0 Å². The van der Waals surface area contributed by atoms with Crippen LogP contribution in [0.1, 0.15) is 18.2 Å². The molecule has 0 spiro atoms. The molecule has 1 rings (SSSR count). The molecule has 0 atom stereocenters. The van der Waals surface area contributed by atoms with Gasteiger partial charge in [-0.05, 0) is 18.6 Å². The van der Waals surface area contributed by atoms with Gasteiger partial charge in [-0.1, -0.05) is 12.1 Å². The van der Waals surface area contributed by atoms with Crippen molar-refractivity contribution in [1.82, 2.24) is 9.97 Å². The number of H-pyrrole nitrogens is 2. The summed E-state index contributed by atoms with van der Waals surface area (Å²) in [5.74, 6) is -1.35. The fraction of sp³-hybridized carbons (Fsp3) is 0.333. The second-order valence-electron chi connectivity index (χ2n) is 3.25. The van der Waals surface area contributed by atoms with Crippen molar-refractivity contribution in [1.29, 1.82) is 0 Å². The lowest BCUT2D eigenvalue weighted by atomic mass is 10.1. The average molecular weight is 257 g/mol. The molecule has 0 aliphatic heterocycles. The fourth-order valence-electron chi connectivity index (χ4n) is 1.41. The first-order valence-corrected chi connectivity index (χ1v) is 5.19. The topological polar surface area (TPSA) is 119 Å². The maximum atomic E-state index is 11.5. The van der Waals surface area contributed by atoms with Crippen molar-refractivity contribution in [3.05, 3.63) is 26.4 Å². The highest BCUT2D eigenvalue weighted by atomic mass is 32.1. The summed E-state index contributed by atoms with van der Waals surface area (Å²) >= 11 is 4.79. The zero-order valence-corrected chi connectivity index (χ0v) is 9.80. The molecule has 0 bridgehead atoms. The summed E-state index contributed by atoms with van der Waals surface area (Å²) in [5.41, 5.74) is -0.0951. The summed E-state index contributed by atoms with van der Waals surface area (Å²) in [7, 11) is 0. The fourth-order valence-corrected chi connectivity index (χ4v) is 1.62. The Balaban J connectivity index is 3.27. The largest absolute Gasteiger partial charge is 0.477 e. The quantitative estimate of drug-likeness (QED) is 0.270. The van der Waals surface area contributed by atoms with Gasteiger partial charge in [-0.2, -0.15) is 0 Å². The number of hydrogen-bond donors (Lipinski definition) is 4. The molecule has 4 N–H and O–H groups in total. The Bertz CT molecular complexity index is 572. The van der Waals surface area contributed by atoms with E-state index in [0.29, 0.717) is 17.7 Å². The van der Waals surface area contributed by atoms with Crippen molar-refractivity contribution in [2.45, 2.75) is 19.8 Å². The van der Waals surface area contributed by atoms with Crippen LogP contribution in [0.2, 0.25) is 0 Å². The molecule has 0 unspecified atom stereocenters. The van der Waals surface area contributed by atoms with Crippen LogP contribution < -0.4 is 5.56 Å². The monoisotopic (exact) mass is 257 g/mol. The van der Waals surface area contributed by atoms with Crippen LogP contribution in [-0.2, 0) is 17.6 Å². The Morgan fingerprint density at radius 3 is 2.59 bits per heavy atom. The van der Waals surface area contributed by atoms with Crippen molar-refractivity contribution in [3.8, 4) is 0 Å². The Labute approximate surface area is 101 Å². The van der Waals surface area contributed by atoms with E-state index in [-0.39, 0.29) is 16.8 Å². The second kappa shape index (κ2) is 5.39. The van der Waals surface area contributed by atoms with E-state index < -0.39 is 11.7 Å². The standard InChI is InChI=1S/C9H11N3O4S/c1-2-4-5(3-6(12-16)8(14)15)10-9(17)11-7(4)13/h16H,2-3H2,1H3,(H,14,15)(H2,10,11,13,17)/b12-6-. The van der Waals surface area contributed by atoms with E-state index in [1.165, 1.54) is 0 Å². The lowest BCUT2D eigenvalue weighted by Gasteiger charge is -2.05. The number of nitrogens with one attached hydrogen (secondary N) is 2. The number of oxime groups is 1. The van der Waals surface area contributed by atoms with Gasteiger partial charge in [0.15, 0.2) is 10.5 Å². The summed E-state index contributed by atoms with van der Waals surface area (Å²) in [6, 6.07) is 0. The average Bonchev–Trinajstić information content (AvgIpc) is 2.24. The van der Waals surface area contributed by atoms with Crippen LogP contribution in [0.25, 0.3) is 0 Å². The molecule has 0 aliphatic rings. The zero-order valence-electron chi connectivity index (χ0n) is 8.98. The summed E-state index contributed by atoms with van der Waals surface area (Å²) in [5, 5.41) is 19.9. The van der Waals surface area contributed by atoms with Crippen LogP contribution in [0.15, 0.2) is 9.95 Å². The first-order valence-electron chi connectivity index (χ1n) is 4.78. The van der Waals surface area contributed by atoms with Crippen LogP contribution in [-0.4, -0.2) is 32.0 Å². The number of aliphatic carboxylic acids is 1. The number of rotatable bonds is 4. The number of aromatic nitrogens is 2. The van der Waals surface area contributed by atoms with Crippen LogP contribution in [0.4, 0.5) is 0 Å². The van der Waals surface area contributed by atoms with Gasteiger partial charge in [0.1, 0.15) is 0 Å². The maximum Gasteiger partial charge on any atom is 0.354 e. The first kappa shape index (κ1) is 13.1. The van der Waals surface area contributed by atoms with Crippen LogP contribution in [0.3, 0.4) is 0 Å². The molecule has 92 valence electrons. The van der Waals surface area contributed by atoms with Crippen molar-refractivity contribution in [2.75, 3.05) is 0 Å². The van der Waals surface area contributed by atoms with E-state index >= 15 is 0 Å². The number of aromatic amines is 2. The molecule has 0 radical (unpaired) electrons. The molecule has 0 fully saturated rings.